The van der Waals surface area contributed by atoms with Crippen LogP contribution in [0.2, 0.25) is 0 Å². The first-order valence-corrected chi connectivity index (χ1v) is 10.00. The number of hydrogen-bond donors (Lipinski definition) is 2. The monoisotopic (exact) mass is 379 g/mol. The van der Waals surface area contributed by atoms with E-state index in [1.165, 1.54) is 17.2 Å². The van der Waals surface area contributed by atoms with Crippen LogP contribution in [0.4, 0.5) is 10.1 Å². The number of hydrogen-bond acceptors (Lipinski definition) is 2. The van der Waals surface area contributed by atoms with Crippen molar-refractivity contribution < 1.29 is 9.18 Å². The lowest BCUT2D eigenvalue weighted by atomic mass is 9.89. The van der Waals surface area contributed by atoms with E-state index >= 15 is 0 Å². The summed E-state index contributed by atoms with van der Waals surface area (Å²) in [6.45, 7) is 4.80. The van der Waals surface area contributed by atoms with E-state index in [4.69, 9.17) is 0 Å². The number of aromatic amines is 1. The van der Waals surface area contributed by atoms with Crippen molar-refractivity contribution in [3.63, 3.8) is 0 Å². The SMILES string of the molecule is CCC(=O)Nc1cccc(C2CCN(Cc3c[nH]c4cc(F)ccc34)CC2)c1. The minimum atomic E-state index is -0.209. The summed E-state index contributed by atoms with van der Waals surface area (Å²) in [7, 11) is 0. The van der Waals surface area contributed by atoms with Crippen LogP contribution in [-0.4, -0.2) is 28.9 Å². The van der Waals surface area contributed by atoms with E-state index in [0.29, 0.717) is 12.3 Å². The molecule has 0 unspecified atom stereocenters. The van der Waals surface area contributed by atoms with Gasteiger partial charge >= 0.3 is 0 Å². The Morgan fingerprint density at radius 2 is 2.04 bits per heavy atom. The van der Waals surface area contributed by atoms with Gasteiger partial charge in [0, 0.05) is 35.8 Å². The smallest absolute Gasteiger partial charge is 0.224 e. The fraction of sp³-hybridized carbons (Fsp3) is 0.348. The van der Waals surface area contributed by atoms with E-state index in [2.05, 4.69) is 27.3 Å². The summed E-state index contributed by atoms with van der Waals surface area (Å²) >= 11 is 0. The molecule has 1 aliphatic rings. The highest BCUT2D eigenvalue weighted by Gasteiger charge is 2.21. The number of likely N-dealkylation sites (tertiary alicyclic amines) is 1. The van der Waals surface area contributed by atoms with Gasteiger partial charge in [-0.15, -0.1) is 0 Å². The van der Waals surface area contributed by atoms with Gasteiger partial charge in [0.15, 0.2) is 0 Å². The van der Waals surface area contributed by atoms with Crippen molar-refractivity contribution in [3.8, 4) is 0 Å². The summed E-state index contributed by atoms with van der Waals surface area (Å²) in [5, 5.41) is 4.05. The van der Waals surface area contributed by atoms with Crippen molar-refractivity contribution in [1.82, 2.24) is 9.88 Å². The molecule has 0 radical (unpaired) electrons. The van der Waals surface area contributed by atoms with E-state index in [1.54, 1.807) is 6.07 Å². The summed E-state index contributed by atoms with van der Waals surface area (Å²) in [6, 6.07) is 13.2. The third kappa shape index (κ3) is 4.09. The number of piperidine rings is 1. The second-order valence-electron chi connectivity index (χ2n) is 7.58. The molecule has 28 heavy (non-hydrogen) atoms. The van der Waals surface area contributed by atoms with Crippen LogP contribution in [0.1, 0.15) is 43.2 Å². The number of fused-ring (bicyclic) bond motifs is 1. The van der Waals surface area contributed by atoms with Crippen LogP contribution in [0, 0.1) is 5.82 Å². The topological polar surface area (TPSA) is 48.1 Å². The molecule has 3 aromatic rings. The Hall–Kier alpha value is -2.66. The minimum Gasteiger partial charge on any atom is -0.361 e. The minimum absolute atomic E-state index is 0.0468. The van der Waals surface area contributed by atoms with Crippen LogP contribution in [0.3, 0.4) is 0 Å². The number of nitrogens with zero attached hydrogens (tertiary/aromatic N) is 1. The zero-order valence-corrected chi connectivity index (χ0v) is 16.2. The van der Waals surface area contributed by atoms with Gasteiger partial charge in [0.25, 0.3) is 0 Å². The van der Waals surface area contributed by atoms with Crippen LogP contribution in [0.25, 0.3) is 10.9 Å². The molecule has 4 rings (SSSR count). The number of anilines is 1. The maximum atomic E-state index is 13.4. The number of benzene rings is 2. The number of rotatable bonds is 5. The summed E-state index contributed by atoms with van der Waals surface area (Å²) in [4.78, 5) is 17.3. The molecule has 0 saturated carbocycles. The van der Waals surface area contributed by atoms with Gasteiger partial charge < -0.3 is 10.3 Å². The number of carbonyl (C=O) groups is 1. The van der Waals surface area contributed by atoms with Crippen LogP contribution < -0.4 is 5.32 Å². The normalized spacial score (nSPS) is 15.8. The highest BCUT2D eigenvalue weighted by Crippen LogP contribution is 2.31. The maximum absolute atomic E-state index is 13.4. The predicted octanol–water partition coefficient (Wildman–Crippen LogP) is 5.04. The first-order chi connectivity index (χ1) is 13.6. The van der Waals surface area contributed by atoms with Crippen LogP contribution in [-0.2, 0) is 11.3 Å². The molecule has 1 aromatic heterocycles. The molecule has 4 nitrogen and oxygen atoms in total. The largest absolute Gasteiger partial charge is 0.361 e. The number of aromatic nitrogens is 1. The van der Waals surface area contributed by atoms with Crippen molar-refractivity contribution in [2.45, 2.75) is 38.6 Å². The molecular formula is C23H26FN3O. The van der Waals surface area contributed by atoms with Crippen molar-refractivity contribution >= 4 is 22.5 Å². The lowest BCUT2D eigenvalue weighted by Crippen LogP contribution is -2.32. The fourth-order valence-electron chi connectivity index (χ4n) is 4.07. The number of H-pyrrole nitrogens is 1. The lowest BCUT2D eigenvalue weighted by molar-refractivity contribution is -0.115. The molecule has 2 N–H and O–H groups in total. The standard InChI is InChI=1S/C23H26FN3O/c1-2-23(28)26-20-5-3-4-17(12-20)16-8-10-27(11-9-16)15-18-14-25-22-13-19(24)6-7-21(18)22/h3-7,12-14,16,25H,2,8-11,15H2,1H3,(H,26,28). The van der Waals surface area contributed by atoms with E-state index in [0.717, 1.165) is 49.1 Å². The van der Waals surface area contributed by atoms with Gasteiger partial charge in [0.1, 0.15) is 5.82 Å². The Labute approximate surface area is 164 Å². The number of halogens is 1. The van der Waals surface area contributed by atoms with Gasteiger partial charge in [0.05, 0.1) is 0 Å². The maximum Gasteiger partial charge on any atom is 0.224 e. The van der Waals surface area contributed by atoms with E-state index in [-0.39, 0.29) is 11.7 Å². The number of nitrogens with one attached hydrogen (secondary N) is 2. The Bertz CT molecular complexity index is 973. The third-order valence-electron chi connectivity index (χ3n) is 5.67. The van der Waals surface area contributed by atoms with Crippen molar-refractivity contribution in [1.29, 1.82) is 0 Å². The Morgan fingerprint density at radius 1 is 1.21 bits per heavy atom. The van der Waals surface area contributed by atoms with Crippen molar-refractivity contribution in [2.24, 2.45) is 0 Å². The zero-order chi connectivity index (χ0) is 19.5. The lowest BCUT2D eigenvalue weighted by Gasteiger charge is -2.32. The fourth-order valence-corrected chi connectivity index (χ4v) is 4.07. The molecule has 1 fully saturated rings. The molecule has 0 bridgehead atoms. The molecular weight excluding hydrogens is 353 g/mol. The van der Waals surface area contributed by atoms with Gasteiger partial charge in [-0.25, -0.2) is 4.39 Å². The highest BCUT2D eigenvalue weighted by molar-refractivity contribution is 5.90. The summed E-state index contributed by atoms with van der Waals surface area (Å²) in [6.07, 6.45) is 4.68. The molecule has 1 amide bonds. The molecule has 1 saturated heterocycles. The molecule has 146 valence electrons. The van der Waals surface area contributed by atoms with Crippen LogP contribution in [0.5, 0.6) is 0 Å². The van der Waals surface area contributed by atoms with Crippen molar-refractivity contribution in [2.75, 3.05) is 18.4 Å². The predicted molar refractivity (Wildman–Crippen MR) is 111 cm³/mol. The zero-order valence-electron chi connectivity index (χ0n) is 16.2. The molecule has 1 aliphatic heterocycles. The summed E-state index contributed by atoms with van der Waals surface area (Å²) < 4.78 is 13.4. The molecule has 0 atom stereocenters. The van der Waals surface area contributed by atoms with Gasteiger partial charge in [-0.05, 0) is 73.3 Å². The van der Waals surface area contributed by atoms with E-state index in [1.807, 2.05) is 31.3 Å². The second kappa shape index (κ2) is 8.15. The summed E-state index contributed by atoms with van der Waals surface area (Å²) in [5.41, 5.74) is 4.27. The quantitative estimate of drug-likeness (QED) is 0.653. The van der Waals surface area contributed by atoms with E-state index in [9.17, 15) is 9.18 Å². The Kier molecular flexibility index (Phi) is 5.44. The van der Waals surface area contributed by atoms with Gasteiger partial charge in [-0.3, -0.25) is 9.69 Å². The number of amides is 1. The van der Waals surface area contributed by atoms with E-state index < -0.39 is 0 Å². The average Bonchev–Trinajstić information content (AvgIpc) is 3.10. The highest BCUT2D eigenvalue weighted by atomic mass is 19.1. The van der Waals surface area contributed by atoms with Gasteiger partial charge in [-0.2, -0.15) is 0 Å². The van der Waals surface area contributed by atoms with Gasteiger partial charge in [0.2, 0.25) is 5.91 Å². The second-order valence-corrected chi connectivity index (χ2v) is 7.58. The Morgan fingerprint density at radius 3 is 2.82 bits per heavy atom. The van der Waals surface area contributed by atoms with Crippen LogP contribution >= 0.6 is 0 Å². The van der Waals surface area contributed by atoms with Crippen LogP contribution in [0.15, 0.2) is 48.7 Å². The molecule has 2 aromatic carbocycles. The average molecular weight is 379 g/mol. The first-order valence-electron chi connectivity index (χ1n) is 10.00. The van der Waals surface area contributed by atoms with Crippen molar-refractivity contribution in [3.05, 3.63) is 65.6 Å². The summed E-state index contributed by atoms with van der Waals surface area (Å²) in [5.74, 6) is 0.358. The molecule has 2 heterocycles. The number of carbonyl (C=O) groups excluding carboxylic acids is 1. The Balaban J connectivity index is 1.38. The van der Waals surface area contributed by atoms with Gasteiger partial charge in [-0.1, -0.05) is 19.1 Å². The molecule has 0 spiro atoms. The molecule has 5 heteroatoms. The third-order valence-corrected chi connectivity index (χ3v) is 5.67. The molecule has 0 aliphatic carbocycles. The first kappa shape index (κ1) is 18.7.